The molecule has 0 radical (unpaired) electrons. The first-order valence-electron chi connectivity index (χ1n) is 4.76. The standard InChI is InChI=1S/C10H15N3O/c1-3-12-10(14)8(2)6-9-7-11-4-5-13-9/h4-5,7-8H,3,6H2,1-2H3,(H,12,14). The summed E-state index contributed by atoms with van der Waals surface area (Å²) in [4.78, 5) is 19.5. The van der Waals surface area contributed by atoms with Gasteiger partial charge >= 0.3 is 0 Å². The third-order valence-corrected chi connectivity index (χ3v) is 1.93. The molecule has 1 heterocycles. The Morgan fingerprint density at radius 1 is 1.57 bits per heavy atom. The van der Waals surface area contributed by atoms with Crippen molar-refractivity contribution in [3.63, 3.8) is 0 Å². The molecule has 0 aliphatic rings. The third kappa shape index (κ3) is 3.12. The molecule has 14 heavy (non-hydrogen) atoms. The molecule has 1 aromatic rings. The Morgan fingerprint density at radius 3 is 2.93 bits per heavy atom. The number of carbonyl (C=O) groups is 1. The van der Waals surface area contributed by atoms with E-state index in [0.29, 0.717) is 13.0 Å². The van der Waals surface area contributed by atoms with Crippen LogP contribution in [0.4, 0.5) is 0 Å². The van der Waals surface area contributed by atoms with Crippen LogP contribution in [0.2, 0.25) is 0 Å². The van der Waals surface area contributed by atoms with Crippen molar-refractivity contribution >= 4 is 5.91 Å². The lowest BCUT2D eigenvalue weighted by Crippen LogP contribution is -2.30. The summed E-state index contributed by atoms with van der Waals surface area (Å²) in [6.07, 6.45) is 5.59. The SMILES string of the molecule is CCNC(=O)C(C)Cc1cnccn1. The summed E-state index contributed by atoms with van der Waals surface area (Å²) in [7, 11) is 0. The molecule has 0 aliphatic carbocycles. The van der Waals surface area contributed by atoms with Gasteiger partial charge in [0, 0.05) is 37.5 Å². The highest BCUT2D eigenvalue weighted by Gasteiger charge is 2.12. The van der Waals surface area contributed by atoms with E-state index >= 15 is 0 Å². The van der Waals surface area contributed by atoms with Crippen molar-refractivity contribution in [3.8, 4) is 0 Å². The van der Waals surface area contributed by atoms with Crippen molar-refractivity contribution in [2.45, 2.75) is 20.3 Å². The quantitative estimate of drug-likeness (QED) is 0.769. The minimum absolute atomic E-state index is 0.0494. The zero-order valence-electron chi connectivity index (χ0n) is 8.53. The first-order valence-corrected chi connectivity index (χ1v) is 4.76. The topological polar surface area (TPSA) is 54.9 Å². The van der Waals surface area contributed by atoms with E-state index in [9.17, 15) is 4.79 Å². The van der Waals surface area contributed by atoms with Gasteiger partial charge in [0.15, 0.2) is 0 Å². The van der Waals surface area contributed by atoms with Crippen LogP contribution in [0.15, 0.2) is 18.6 Å². The Balaban J connectivity index is 2.49. The maximum absolute atomic E-state index is 11.4. The van der Waals surface area contributed by atoms with Crippen molar-refractivity contribution in [2.24, 2.45) is 5.92 Å². The normalized spacial score (nSPS) is 12.1. The van der Waals surface area contributed by atoms with Gasteiger partial charge in [-0.2, -0.15) is 0 Å². The summed E-state index contributed by atoms with van der Waals surface area (Å²) in [5, 5.41) is 2.78. The molecule has 0 saturated heterocycles. The lowest BCUT2D eigenvalue weighted by atomic mass is 10.1. The maximum atomic E-state index is 11.4. The molecule has 1 rings (SSSR count). The van der Waals surface area contributed by atoms with Crippen molar-refractivity contribution in [1.29, 1.82) is 0 Å². The largest absolute Gasteiger partial charge is 0.356 e. The second kappa shape index (κ2) is 5.32. The monoisotopic (exact) mass is 193 g/mol. The number of rotatable bonds is 4. The molecule has 4 heteroatoms. The summed E-state index contributed by atoms with van der Waals surface area (Å²) in [5.74, 6) is 0.0183. The molecule has 0 fully saturated rings. The molecule has 0 aromatic carbocycles. The van der Waals surface area contributed by atoms with Crippen molar-refractivity contribution in [2.75, 3.05) is 6.54 Å². The van der Waals surface area contributed by atoms with Gasteiger partial charge in [0.05, 0.1) is 5.69 Å². The number of amides is 1. The van der Waals surface area contributed by atoms with Crippen LogP contribution in [0, 0.1) is 5.92 Å². The minimum Gasteiger partial charge on any atom is -0.356 e. The van der Waals surface area contributed by atoms with Gasteiger partial charge < -0.3 is 5.32 Å². The van der Waals surface area contributed by atoms with Crippen LogP contribution in [0.5, 0.6) is 0 Å². The van der Waals surface area contributed by atoms with E-state index in [4.69, 9.17) is 0 Å². The molecule has 1 N–H and O–H groups in total. The van der Waals surface area contributed by atoms with Crippen molar-refractivity contribution in [1.82, 2.24) is 15.3 Å². The van der Waals surface area contributed by atoms with Gasteiger partial charge in [-0.1, -0.05) is 6.92 Å². The molecule has 1 amide bonds. The van der Waals surface area contributed by atoms with E-state index in [2.05, 4.69) is 15.3 Å². The minimum atomic E-state index is -0.0494. The molecular weight excluding hydrogens is 178 g/mol. The number of carbonyl (C=O) groups excluding carboxylic acids is 1. The van der Waals surface area contributed by atoms with Crippen LogP contribution in [-0.4, -0.2) is 22.4 Å². The highest BCUT2D eigenvalue weighted by molar-refractivity contribution is 5.78. The Kier molecular flexibility index (Phi) is 4.04. The zero-order valence-corrected chi connectivity index (χ0v) is 8.53. The van der Waals surface area contributed by atoms with E-state index in [1.165, 1.54) is 0 Å². The molecule has 76 valence electrons. The lowest BCUT2D eigenvalue weighted by Gasteiger charge is -2.09. The maximum Gasteiger partial charge on any atom is 0.223 e. The Hall–Kier alpha value is -1.45. The van der Waals surface area contributed by atoms with Crippen LogP contribution >= 0.6 is 0 Å². The van der Waals surface area contributed by atoms with Gasteiger partial charge in [-0.05, 0) is 6.92 Å². The van der Waals surface area contributed by atoms with Crippen LogP contribution in [0.3, 0.4) is 0 Å². The summed E-state index contributed by atoms with van der Waals surface area (Å²) in [5.41, 5.74) is 0.853. The summed E-state index contributed by atoms with van der Waals surface area (Å²) in [6, 6.07) is 0. The number of aromatic nitrogens is 2. The van der Waals surface area contributed by atoms with Crippen LogP contribution in [0.1, 0.15) is 19.5 Å². The second-order valence-corrected chi connectivity index (χ2v) is 3.20. The summed E-state index contributed by atoms with van der Waals surface area (Å²) < 4.78 is 0. The Bertz CT molecular complexity index is 287. The molecule has 1 unspecified atom stereocenters. The van der Waals surface area contributed by atoms with Gasteiger partial charge in [0.25, 0.3) is 0 Å². The fourth-order valence-corrected chi connectivity index (χ4v) is 1.19. The molecular formula is C10H15N3O. The van der Waals surface area contributed by atoms with Gasteiger partial charge in [0.1, 0.15) is 0 Å². The fraction of sp³-hybridized carbons (Fsp3) is 0.500. The van der Waals surface area contributed by atoms with E-state index in [0.717, 1.165) is 5.69 Å². The van der Waals surface area contributed by atoms with Gasteiger partial charge in [-0.25, -0.2) is 0 Å². The second-order valence-electron chi connectivity index (χ2n) is 3.20. The predicted octanol–water partition coefficient (Wildman–Crippen LogP) is 0.791. The molecule has 4 nitrogen and oxygen atoms in total. The van der Waals surface area contributed by atoms with Crippen molar-refractivity contribution < 1.29 is 4.79 Å². The Morgan fingerprint density at radius 2 is 2.36 bits per heavy atom. The van der Waals surface area contributed by atoms with E-state index in [1.54, 1.807) is 18.6 Å². The van der Waals surface area contributed by atoms with Gasteiger partial charge in [0.2, 0.25) is 5.91 Å². The van der Waals surface area contributed by atoms with E-state index < -0.39 is 0 Å². The average molecular weight is 193 g/mol. The average Bonchev–Trinajstić information content (AvgIpc) is 2.19. The molecule has 0 aliphatic heterocycles. The van der Waals surface area contributed by atoms with E-state index in [-0.39, 0.29) is 11.8 Å². The summed E-state index contributed by atoms with van der Waals surface area (Å²) >= 11 is 0. The van der Waals surface area contributed by atoms with Crippen molar-refractivity contribution in [3.05, 3.63) is 24.3 Å². The molecule has 0 spiro atoms. The first kappa shape index (κ1) is 10.6. The number of hydrogen-bond donors (Lipinski definition) is 1. The molecule has 1 aromatic heterocycles. The highest BCUT2D eigenvalue weighted by Crippen LogP contribution is 2.04. The fourth-order valence-electron chi connectivity index (χ4n) is 1.19. The predicted molar refractivity (Wildman–Crippen MR) is 53.6 cm³/mol. The van der Waals surface area contributed by atoms with Gasteiger partial charge in [-0.15, -0.1) is 0 Å². The molecule has 1 atom stereocenters. The zero-order chi connectivity index (χ0) is 10.4. The molecule has 0 bridgehead atoms. The third-order valence-electron chi connectivity index (χ3n) is 1.93. The highest BCUT2D eigenvalue weighted by atomic mass is 16.1. The molecule has 0 saturated carbocycles. The van der Waals surface area contributed by atoms with Crippen LogP contribution < -0.4 is 5.32 Å². The van der Waals surface area contributed by atoms with Gasteiger partial charge in [-0.3, -0.25) is 14.8 Å². The smallest absolute Gasteiger partial charge is 0.223 e. The lowest BCUT2D eigenvalue weighted by molar-refractivity contribution is -0.124. The number of nitrogens with one attached hydrogen (secondary N) is 1. The first-order chi connectivity index (χ1) is 6.74. The summed E-state index contributed by atoms with van der Waals surface area (Å²) in [6.45, 7) is 4.47. The van der Waals surface area contributed by atoms with E-state index in [1.807, 2.05) is 13.8 Å². The number of hydrogen-bond acceptors (Lipinski definition) is 3. The van der Waals surface area contributed by atoms with Crippen LogP contribution in [-0.2, 0) is 11.2 Å². The van der Waals surface area contributed by atoms with Crippen LogP contribution in [0.25, 0.3) is 0 Å². The number of nitrogens with zero attached hydrogens (tertiary/aromatic N) is 2. The Labute approximate surface area is 83.8 Å².